The van der Waals surface area contributed by atoms with Crippen LogP contribution in [0.3, 0.4) is 0 Å². The van der Waals surface area contributed by atoms with E-state index in [-0.39, 0.29) is 12.0 Å². The third-order valence-electron chi connectivity index (χ3n) is 6.65. The summed E-state index contributed by atoms with van der Waals surface area (Å²) in [5.41, 5.74) is 3.72. The van der Waals surface area contributed by atoms with Gasteiger partial charge in [-0.1, -0.05) is 48.5 Å². The number of anilines is 2. The molecule has 2 atom stereocenters. The lowest BCUT2D eigenvalue weighted by Crippen LogP contribution is -2.30. The van der Waals surface area contributed by atoms with Crippen LogP contribution in [0.4, 0.5) is 16.2 Å². The fraction of sp³-hybridized carbons (Fsp3) is 0.259. The van der Waals surface area contributed by atoms with Crippen LogP contribution in [0.5, 0.6) is 5.75 Å². The summed E-state index contributed by atoms with van der Waals surface area (Å²) < 4.78 is 11.4. The topological polar surface area (TPSA) is 76.1 Å². The van der Waals surface area contributed by atoms with Gasteiger partial charge < -0.3 is 14.6 Å². The summed E-state index contributed by atoms with van der Waals surface area (Å²) in [7, 11) is 0. The SMILES string of the molecule is O=C(O)COc1cccc2c1CCC1(COC(=O)N(c3ccccc3)c3ccccc3)CC21. The highest BCUT2D eigenvalue weighted by Crippen LogP contribution is 2.66. The summed E-state index contributed by atoms with van der Waals surface area (Å²) in [4.78, 5) is 25.7. The Labute approximate surface area is 192 Å². The maximum absolute atomic E-state index is 13.2. The summed E-state index contributed by atoms with van der Waals surface area (Å²) in [5, 5.41) is 8.93. The molecule has 3 aromatic rings. The quantitative estimate of drug-likeness (QED) is 0.519. The molecule has 0 heterocycles. The number of carboxylic acid groups (broad SMARTS) is 1. The molecule has 0 saturated heterocycles. The highest BCUT2D eigenvalue weighted by Gasteiger charge is 2.58. The lowest BCUT2D eigenvalue weighted by molar-refractivity contribution is -0.139. The van der Waals surface area contributed by atoms with Gasteiger partial charge in [-0.05, 0) is 66.6 Å². The molecule has 3 aromatic carbocycles. The predicted octanol–water partition coefficient (Wildman–Crippen LogP) is 5.54. The zero-order chi connectivity index (χ0) is 22.8. The molecule has 1 fully saturated rings. The van der Waals surface area contributed by atoms with Gasteiger partial charge in [0.1, 0.15) is 5.75 Å². The first-order valence-electron chi connectivity index (χ1n) is 11.1. The highest BCUT2D eigenvalue weighted by molar-refractivity contribution is 5.95. The first-order chi connectivity index (χ1) is 16.1. The molecular formula is C27H25NO5. The van der Waals surface area contributed by atoms with Gasteiger partial charge in [0, 0.05) is 5.41 Å². The summed E-state index contributed by atoms with van der Waals surface area (Å²) in [6.07, 6.45) is 2.21. The van der Waals surface area contributed by atoms with Crippen molar-refractivity contribution in [3.05, 3.63) is 90.0 Å². The Morgan fingerprint density at radius 1 is 0.939 bits per heavy atom. The molecule has 0 aliphatic heterocycles. The van der Waals surface area contributed by atoms with E-state index < -0.39 is 12.1 Å². The predicted molar refractivity (Wildman–Crippen MR) is 124 cm³/mol. The molecule has 33 heavy (non-hydrogen) atoms. The second-order valence-corrected chi connectivity index (χ2v) is 8.69. The van der Waals surface area contributed by atoms with E-state index in [1.807, 2.05) is 72.8 Å². The fourth-order valence-electron chi connectivity index (χ4n) is 4.90. The number of hydrogen-bond acceptors (Lipinski definition) is 4. The minimum atomic E-state index is -0.988. The number of hydrogen-bond donors (Lipinski definition) is 1. The van der Waals surface area contributed by atoms with Gasteiger partial charge in [0.2, 0.25) is 0 Å². The number of fused-ring (bicyclic) bond motifs is 3. The van der Waals surface area contributed by atoms with Crippen LogP contribution in [0, 0.1) is 5.41 Å². The Morgan fingerprint density at radius 3 is 2.24 bits per heavy atom. The van der Waals surface area contributed by atoms with Crippen molar-refractivity contribution >= 4 is 23.4 Å². The number of benzene rings is 3. The van der Waals surface area contributed by atoms with Gasteiger partial charge in [0.15, 0.2) is 6.61 Å². The van der Waals surface area contributed by atoms with E-state index in [0.29, 0.717) is 18.3 Å². The first kappa shape index (κ1) is 21.1. The molecule has 168 valence electrons. The lowest BCUT2D eigenvalue weighted by atomic mass is 9.83. The zero-order valence-corrected chi connectivity index (χ0v) is 18.1. The van der Waals surface area contributed by atoms with Crippen molar-refractivity contribution in [2.45, 2.75) is 25.2 Å². The fourth-order valence-corrected chi connectivity index (χ4v) is 4.90. The van der Waals surface area contributed by atoms with Crippen molar-refractivity contribution in [2.24, 2.45) is 5.41 Å². The molecule has 2 aliphatic carbocycles. The van der Waals surface area contributed by atoms with Crippen LogP contribution in [0.15, 0.2) is 78.9 Å². The molecule has 0 bridgehead atoms. The Kier molecular flexibility index (Phi) is 5.50. The Bertz CT molecular complexity index is 1120. The smallest absolute Gasteiger partial charge is 0.418 e. The third kappa shape index (κ3) is 4.16. The second kappa shape index (κ2) is 8.62. The van der Waals surface area contributed by atoms with Gasteiger partial charge in [-0.3, -0.25) is 0 Å². The van der Waals surface area contributed by atoms with Gasteiger partial charge in [-0.25, -0.2) is 14.5 Å². The molecule has 0 aromatic heterocycles. The lowest BCUT2D eigenvalue weighted by Gasteiger charge is -2.27. The molecular weight excluding hydrogens is 418 g/mol. The van der Waals surface area contributed by atoms with Gasteiger partial charge in [-0.2, -0.15) is 0 Å². The Hall–Kier alpha value is -3.80. The largest absolute Gasteiger partial charge is 0.482 e. The Morgan fingerprint density at radius 2 is 1.61 bits per heavy atom. The van der Waals surface area contributed by atoms with Crippen LogP contribution in [0.1, 0.15) is 29.9 Å². The third-order valence-corrected chi connectivity index (χ3v) is 6.65. The molecule has 0 radical (unpaired) electrons. The van der Waals surface area contributed by atoms with Crippen molar-refractivity contribution in [2.75, 3.05) is 18.1 Å². The molecule has 5 rings (SSSR count). The van der Waals surface area contributed by atoms with Crippen LogP contribution in [0.2, 0.25) is 0 Å². The van der Waals surface area contributed by atoms with E-state index in [4.69, 9.17) is 14.6 Å². The van der Waals surface area contributed by atoms with Crippen molar-refractivity contribution in [1.29, 1.82) is 0 Å². The monoisotopic (exact) mass is 443 g/mol. The maximum atomic E-state index is 13.2. The number of ether oxygens (including phenoxy) is 2. The molecule has 2 unspecified atom stereocenters. The number of rotatable bonds is 7. The van der Waals surface area contributed by atoms with Crippen molar-refractivity contribution in [3.63, 3.8) is 0 Å². The van der Waals surface area contributed by atoms with E-state index in [2.05, 4.69) is 6.07 Å². The van der Waals surface area contributed by atoms with Crippen LogP contribution in [0.25, 0.3) is 0 Å². The van der Waals surface area contributed by atoms with Crippen LogP contribution in [-0.2, 0) is 16.0 Å². The number of carbonyl (C=O) groups is 2. The summed E-state index contributed by atoms with van der Waals surface area (Å²) in [6.45, 7) is 0.00496. The zero-order valence-electron chi connectivity index (χ0n) is 18.1. The van der Waals surface area contributed by atoms with Crippen molar-refractivity contribution < 1.29 is 24.2 Å². The first-order valence-corrected chi connectivity index (χ1v) is 11.1. The van der Waals surface area contributed by atoms with E-state index in [1.165, 1.54) is 5.56 Å². The second-order valence-electron chi connectivity index (χ2n) is 8.69. The van der Waals surface area contributed by atoms with E-state index in [9.17, 15) is 9.59 Å². The molecule has 6 nitrogen and oxygen atoms in total. The van der Waals surface area contributed by atoms with Crippen LogP contribution < -0.4 is 9.64 Å². The molecule has 0 spiro atoms. The number of nitrogens with zero attached hydrogens (tertiary/aromatic N) is 1. The number of carboxylic acids is 1. The number of aliphatic carboxylic acids is 1. The maximum Gasteiger partial charge on any atom is 0.418 e. The van der Waals surface area contributed by atoms with E-state index >= 15 is 0 Å². The van der Waals surface area contributed by atoms with Crippen LogP contribution in [-0.4, -0.2) is 30.4 Å². The summed E-state index contributed by atoms with van der Waals surface area (Å²) in [6, 6.07) is 24.8. The molecule has 1 saturated carbocycles. The van der Waals surface area contributed by atoms with Gasteiger partial charge in [0.25, 0.3) is 0 Å². The standard InChI is InChI=1S/C27H25NO5/c29-25(30)17-32-24-13-7-12-21-22(24)14-15-27(16-23(21)27)18-33-26(31)28(19-8-3-1-4-9-19)20-10-5-2-6-11-20/h1-13,23H,14-18H2,(H,29,30). The molecule has 2 aliphatic rings. The van der Waals surface area contributed by atoms with Crippen molar-refractivity contribution in [1.82, 2.24) is 0 Å². The highest BCUT2D eigenvalue weighted by atomic mass is 16.6. The number of amides is 1. The number of carbonyl (C=O) groups excluding carboxylic acids is 1. The van der Waals surface area contributed by atoms with Crippen LogP contribution >= 0.6 is 0 Å². The normalized spacial score (nSPS) is 20.2. The molecule has 1 N–H and O–H groups in total. The molecule has 1 amide bonds. The minimum Gasteiger partial charge on any atom is -0.482 e. The Balaban J connectivity index is 1.31. The number of para-hydroxylation sites is 2. The average Bonchev–Trinajstić information content (AvgIpc) is 3.59. The van der Waals surface area contributed by atoms with Gasteiger partial charge in [-0.15, -0.1) is 0 Å². The molecule has 6 heteroatoms. The van der Waals surface area contributed by atoms with Gasteiger partial charge in [0.05, 0.1) is 18.0 Å². The summed E-state index contributed by atoms with van der Waals surface area (Å²) >= 11 is 0. The summed E-state index contributed by atoms with van der Waals surface area (Å²) in [5.74, 6) is -0.0477. The van der Waals surface area contributed by atoms with Gasteiger partial charge >= 0.3 is 12.1 Å². The minimum absolute atomic E-state index is 0.0624. The average molecular weight is 443 g/mol. The van der Waals surface area contributed by atoms with Crippen molar-refractivity contribution in [3.8, 4) is 5.75 Å². The van der Waals surface area contributed by atoms with E-state index in [0.717, 1.165) is 36.2 Å². The van der Waals surface area contributed by atoms with E-state index in [1.54, 1.807) is 4.90 Å².